The number of esters is 1. The maximum atomic E-state index is 11.7. The lowest BCUT2D eigenvalue weighted by Crippen LogP contribution is -2.39. The van der Waals surface area contributed by atoms with Gasteiger partial charge in [-0.1, -0.05) is 25.1 Å². The van der Waals surface area contributed by atoms with Crippen molar-refractivity contribution in [3.05, 3.63) is 29.8 Å². The van der Waals surface area contributed by atoms with Crippen molar-refractivity contribution in [3.8, 4) is 5.75 Å². The van der Waals surface area contributed by atoms with Crippen LogP contribution < -0.4 is 10.1 Å². The Balaban J connectivity index is 2.51. The van der Waals surface area contributed by atoms with Gasteiger partial charge in [-0.2, -0.15) is 0 Å². The summed E-state index contributed by atoms with van der Waals surface area (Å²) in [6, 6.07) is 7.26. The molecule has 5 nitrogen and oxygen atoms in total. The topological polar surface area (TPSA) is 67.8 Å². The van der Waals surface area contributed by atoms with E-state index in [1.165, 1.54) is 7.11 Å². The van der Waals surface area contributed by atoms with Gasteiger partial charge in [-0.25, -0.2) is 0 Å². The van der Waals surface area contributed by atoms with Crippen molar-refractivity contribution in [3.63, 3.8) is 0 Å². The van der Waals surface area contributed by atoms with Gasteiger partial charge in [-0.15, -0.1) is 0 Å². The summed E-state index contributed by atoms with van der Waals surface area (Å²) in [6.07, 6.45) is 2.05. The molecule has 0 saturated carbocycles. The molecule has 0 heterocycles. The highest BCUT2D eigenvalue weighted by molar-refractivity contribution is 5.75. The fourth-order valence-electron chi connectivity index (χ4n) is 2.02. The number of carbonyl (C=O) groups is 1. The minimum Gasteiger partial charge on any atom is -0.493 e. The van der Waals surface area contributed by atoms with E-state index < -0.39 is 0 Å². The average Bonchev–Trinajstić information content (AvgIpc) is 2.51. The Bertz CT molecular complexity index is 422. The molecule has 0 bridgehead atoms. The van der Waals surface area contributed by atoms with E-state index in [1.807, 2.05) is 31.2 Å². The molecule has 0 aliphatic rings. The van der Waals surface area contributed by atoms with Crippen LogP contribution in [0.15, 0.2) is 24.3 Å². The number of methoxy groups -OCH3 is 1. The molecule has 1 aromatic rings. The fourth-order valence-corrected chi connectivity index (χ4v) is 2.02. The molecule has 118 valence electrons. The highest BCUT2D eigenvalue weighted by Crippen LogP contribution is 2.18. The molecule has 1 unspecified atom stereocenters. The van der Waals surface area contributed by atoms with Crippen molar-refractivity contribution in [2.75, 3.05) is 26.9 Å². The lowest BCUT2D eigenvalue weighted by Gasteiger charge is -2.17. The minimum absolute atomic E-state index is 0.0865. The third kappa shape index (κ3) is 6.14. The molecule has 0 fully saturated rings. The summed E-state index contributed by atoms with van der Waals surface area (Å²) in [4.78, 5) is 11.7. The van der Waals surface area contributed by atoms with Gasteiger partial charge < -0.3 is 19.9 Å². The van der Waals surface area contributed by atoms with Crippen molar-refractivity contribution in [1.82, 2.24) is 5.32 Å². The first-order valence-corrected chi connectivity index (χ1v) is 7.35. The number of ether oxygens (including phenoxy) is 2. The molecule has 1 atom stereocenters. The van der Waals surface area contributed by atoms with Crippen LogP contribution in [0.2, 0.25) is 0 Å². The highest BCUT2D eigenvalue weighted by atomic mass is 16.5. The van der Waals surface area contributed by atoms with Gasteiger partial charge in [0.2, 0.25) is 0 Å². The second-order valence-electron chi connectivity index (χ2n) is 4.75. The van der Waals surface area contributed by atoms with Gasteiger partial charge in [0.25, 0.3) is 0 Å². The fraction of sp³-hybridized carbons (Fsp3) is 0.562. The molecule has 1 rings (SSSR count). The van der Waals surface area contributed by atoms with Gasteiger partial charge >= 0.3 is 5.97 Å². The Kier molecular flexibility index (Phi) is 8.47. The van der Waals surface area contributed by atoms with Gasteiger partial charge in [0.05, 0.1) is 13.7 Å². The standard InChI is InChI=1S/C16H25NO4/c1-3-10-17-14(16(19)20-2)9-12-21-15-7-5-4-6-13(15)8-11-18/h4-7,14,17-18H,3,8-12H2,1-2H3. The summed E-state index contributed by atoms with van der Waals surface area (Å²) in [5, 5.41) is 12.2. The van der Waals surface area contributed by atoms with Crippen LogP contribution in [0, 0.1) is 0 Å². The molecule has 0 radical (unpaired) electrons. The van der Waals surface area contributed by atoms with Gasteiger partial charge in [-0.3, -0.25) is 4.79 Å². The molecular weight excluding hydrogens is 270 g/mol. The van der Waals surface area contributed by atoms with Crippen molar-refractivity contribution in [1.29, 1.82) is 0 Å². The van der Waals surface area contributed by atoms with Gasteiger partial charge in [0, 0.05) is 13.0 Å². The zero-order chi connectivity index (χ0) is 15.5. The third-order valence-electron chi connectivity index (χ3n) is 3.14. The summed E-state index contributed by atoms with van der Waals surface area (Å²) in [5.74, 6) is 0.487. The smallest absolute Gasteiger partial charge is 0.322 e. The SMILES string of the molecule is CCCNC(CCOc1ccccc1CCO)C(=O)OC. The molecule has 0 aromatic heterocycles. The molecule has 0 amide bonds. The molecule has 5 heteroatoms. The lowest BCUT2D eigenvalue weighted by molar-refractivity contribution is -0.143. The minimum atomic E-state index is -0.347. The number of aliphatic hydroxyl groups is 1. The number of aliphatic hydroxyl groups excluding tert-OH is 1. The van der Waals surface area contributed by atoms with Crippen LogP contribution in [-0.4, -0.2) is 44.0 Å². The second-order valence-corrected chi connectivity index (χ2v) is 4.75. The Labute approximate surface area is 126 Å². The van der Waals surface area contributed by atoms with Crippen LogP contribution >= 0.6 is 0 Å². The number of hydrogen-bond donors (Lipinski definition) is 2. The van der Waals surface area contributed by atoms with Crippen LogP contribution in [0.1, 0.15) is 25.3 Å². The zero-order valence-corrected chi connectivity index (χ0v) is 12.8. The first-order valence-electron chi connectivity index (χ1n) is 7.35. The number of para-hydroxylation sites is 1. The van der Waals surface area contributed by atoms with Crippen LogP contribution in [0.4, 0.5) is 0 Å². The quantitative estimate of drug-likeness (QED) is 0.641. The molecule has 2 N–H and O–H groups in total. The van der Waals surface area contributed by atoms with Gasteiger partial charge in [0.1, 0.15) is 11.8 Å². The second kappa shape index (κ2) is 10.2. The Hall–Kier alpha value is -1.59. The van der Waals surface area contributed by atoms with Crippen molar-refractivity contribution in [2.45, 2.75) is 32.2 Å². The van der Waals surface area contributed by atoms with E-state index in [2.05, 4.69) is 5.32 Å². The summed E-state index contributed by atoms with van der Waals surface area (Å²) < 4.78 is 10.5. The predicted molar refractivity (Wildman–Crippen MR) is 81.4 cm³/mol. The Morgan fingerprint density at radius 3 is 2.81 bits per heavy atom. The number of nitrogens with one attached hydrogen (secondary N) is 1. The van der Waals surface area contributed by atoms with Gasteiger partial charge in [0.15, 0.2) is 0 Å². The normalized spacial score (nSPS) is 12.0. The lowest BCUT2D eigenvalue weighted by atomic mass is 10.1. The van der Waals surface area contributed by atoms with Crippen LogP contribution in [0.25, 0.3) is 0 Å². The number of benzene rings is 1. The summed E-state index contributed by atoms with van der Waals surface area (Å²) in [6.45, 7) is 3.31. The van der Waals surface area contributed by atoms with E-state index >= 15 is 0 Å². The summed E-state index contributed by atoms with van der Waals surface area (Å²) >= 11 is 0. The first kappa shape index (κ1) is 17.5. The average molecular weight is 295 g/mol. The summed E-state index contributed by atoms with van der Waals surface area (Å²) in [5.41, 5.74) is 0.969. The molecule has 0 saturated heterocycles. The van der Waals surface area contributed by atoms with E-state index in [4.69, 9.17) is 14.6 Å². The monoisotopic (exact) mass is 295 g/mol. The van der Waals surface area contributed by atoms with Crippen LogP contribution in [0.3, 0.4) is 0 Å². The van der Waals surface area contributed by atoms with Crippen molar-refractivity contribution in [2.24, 2.45) is 0 Å². The predicted octanol–water partition coefficient (Wildman–Crippen LogP) is 1.53. The van der Waals surface area contributed by atoms with Gasteiger partial charge in [-0.05, 0) is 31.0 Å². The van der Waals surface area contributed by atoms with E-state index in [9.17, 15) is 4.79 Å². The van der Waals surface area contributed by atoms with Crippen molar-refractivity contribution < 1.29 is 19.4 Å². The molecule has 0 spiro atoms. The molecule has 1 aromatic carbocycles. The highest BCUT2D eigenvalue weighted by Gasteiger charge is 2.18. The van der Waals surface area contributed by atoms with Crippen LogP contribution in [-0.2, 0) is 16.0 Å². The molecular formula is C16H25NO4. The van der Waals surface area contributed by atoms with E-state index in [0.29, 0.717) is 19.4 Å². The number of carbonyl (C=O) groups excluding carboxylic acids is 1. The van der Waals surface area contributed by atoms with E-state index in [-0.39, 0.29) is 18.6 Å². The van der Waals surface area contributed by atoms with Crippen molar-refractivity contribution >= 4 is 5.97 Å². The van der Waals surface area contributed by atoms with Crippen LogP contribution in [0.5, 0.6) is 5.75 Å². The molecule has 0 aliphatic carbocycles. The molecule has 0 aliphatic heterocycles. The Morgan fingerprint density at radius 1 is 1.38 bits per heavy atom. The zero-order valence-electron chi connectivity index (χ0n) is 12.8. The summed E-state index contributed by atoms with van der Waals surface area (Å²) in [7, 11) is 1.39. The number of rotatable bonds is 10. The largest absolute Gasteiger partial charge is 0.493 e. The molecule has 21 heavy (non-hydrogen) atoms. The maximum absolute atomic E-state index is 11.7. The first-order chi connectivity index (χ1) is 10.2. The van der Waals surface area contributed by atoms with E-state index in [0.717, 1.165) is 24.3 Å². The third-order valence-corrected chi connectivity index (χ3v) is 3.14. The maximum Gasteiger partial charge on any atom is 0.322 e. The Morgan fingerprint density at radius 2 is 2.14 bits per heavy atom. The van der Waals surface area contributed by atoms with E-state index in [1.54, 1.807) is 0 Å². The number of hydrogen-bond acceptors (Lipinski definition) is 5.